The highest BCUT2D eigenvalue weighted by Gasteiger charge is 2.29. The Kier molecular flexibility index (Phi) is 5.71. The van der Waals surface area contributed by atoms with E-state index in [1.165, 1.54) is 0 Å². The lowest BCUT2D eigenvalue weighted by atomic mass is 10.0. The van der Waals surface area contributed by atoms with Gasteiger partial charge >= 0.3 is 5.97 Å². The van der Waals surface area contributed by atoms with Crippen molar-refractivity contribution in [3.8, 4) is 0 Å². The zero-order valence-corrected chi connectivity index (χ0v) is 10.2. The van der Waals surface area contributed by atoms with Crippen LogP contribution in [0.15, 0.2) is 11.1 Å². The summed E-state index contributed by atoms with van der Waals surface area (Å²) in [6.45, 7) is 0. The molecule has 0 aromatic heterocycles. The molecule has 18 heavy (non-hydrogen) atoms. The van der Waals surface area contributed by atoms with E-state index in [9.17, 15) is 19.5 Å². The maximum atomic E-state index is 11.5. The molecule has 1 rings (SSSR count). The maximum absolute atomic E-state index is 11.5. The number of allylic oxidation sites excluding steroid dienone is 1. The largest absolute Gasteiger partial charge is 0.481 e. The first kappa shape index (κ1) is 14.6. The molecule has 0 spiro atoms. The summed E-state index contributed by atoms with van der Waals surface area (Å²) >= 11 is 0. The van der Waals surface area contributed by atoms with Crippen LogP contribution in [0.1, 0.15) is 44.9 Å². The minimum Gasteiger partial charge on any atom is -0.481 e. The molecule has 5 nitrogen and oxygen atoms in total. The van der Waals surface area contributed by atoms with Gasteiger partial charge in [0.05, 0.1) is 6.10 Å². The highest BCUT2D eigenvalue weighted by atomic mass is 16.4. The van der Waals surface area contributed by atoms with Crippen molar-refractivity contribution < 1.29 is 24.6 Å². The van der Waals surface area contributed by atoms with Crippen LogP contribution >= 0.6 is 0 Å². The summed E-state index contributed by atoms with van der Waals surface area (Å²) in [5, 5.41) is 17.9. The van der Waals surface area contributed by atoms with E-state index in [1.54, 1.807) is 0 Å². The van der Waals surface area contributed by atoms with Crippen molar-refractivity contribution in [2.24, 2.45) is 0 Å². The van der Waals surface area contributed by atoms with Gasteiger partial charge in [0.15, 0.2) is 5.78 Å². The third-order valence-corrected chi connectivity index (χ3v) is 3.12. The summed E-state index contributed by atoms with van der Waals surface area (Å²) in [5.74, 6) is -0.940. The molecule has 0 fully saturated rings. The Balaban J connectivity index is 2.30. The van der Waals surface area contributed by atoms with E-state index in [-0.39, 0.29) is 24.2 Å². The topological polar surface area (TPSA) is 91.7 Å². The highest BCUT2D eigenvalue weighted by molar-refractivity contribution is 6.05. The van der Waals surface area contributed by atoms with Gasteiger partial charge in [-0.3, -0.25) is 14.4 Å². The Bertz CT molecular complexity index is 370. The molecule has 1 unspecified atom stereocenters. The lowest BCUT2D eigenvalue weighted by Crippen LogP contribution is -2.06. The lowest BCUT2D eigenvalue weighted by Gasteiger charge is -2.03. The Morgan fingerprint density at radius 1 is 1.28 bits per heavy atom. The molecule has 2 N–H and O–H groups in total. The molecule has 0 saturated heterocycles. The minimum atomic E-state index is -0.933. The van der Waals surface area contributed by atoms with Gasteiger partial charge in [0.1, 0.15) is 6.29 Å². The van der Waals surface area contributed by atoms with Crippen LogP contribution in [0.5, 0.6) is 0 Å². The van der Waals surface area contributed by atoms with Crippen LogP contribution in [0.25, 0.3) is 0 Å². The molecule has 0 radical (unpaired) electrons. The van der Waals surface area contributed by atoms with Crippen molar-refractivity contribution in [1.82, 2.24) is 0 Å². The van der Waals surface area contributed by atoms with E-state index in [4.69, 9.17) is 5.11 Å². The Morgan fingerprint density at radius 2 is 1.94 bits per heavy atom. The van der Waals surface area contributed by atoms with E-state index in [0.717, 1.165) is 19.3 Å². The number of rotatable bonds is 8. The molecule has 0 bridgehead atoms. The van der Waals surface area contributed by atoms with Crippen molar-refractivity contribution in [1.29, 1.82) is 0 Å². The number of carbonyl (C=O) groups is 3. The third-order valence-electron chi connectivity index (χ3n) is 3.12. The predicted molar refractivity (Wildman–Crippen MR) is 64.1 cm³/mol. The van der Waals surface area contributed by atoms with Gasteiger partial charge in [-0.25, -0.2) is 0 Å². The zero-order valence-electron chi connectivity index (χ0n) is 10.2. The van der Waals surface area contributed by atoms with Gasteiger partial charge in [-0.05, 0) is 19.3 Å². The van der Waals surface area contributed by atoms with E-state index < -0.39 is 12.1 Å². The molecule has 5 heteroatoms. The summed E-state index contributed by atoms with van der Waals surface area (Å²) in [4.78, 5) is 32.5. The van der Waals surface area contributed by atoms with E-state index in [2.05, 4.69) is 0 Å². The van der Waals surface area contributed by atoms with Gasteiger partial charge in [-0.2, -0.15) is 0 Å². The number of carboxylic acid groups (broad SMARTS) is 1. The van der Waals surface area contributed by atoms with Crippen LogP contribution in [0.4, 0.5) is 0 Å². The average Bonchev–Trinajstić information content (AvgIpc) is 2.57. The first-order chi connectivity index (χ1) is 8.56. The second-order valence-corrected chi connectivity index (χ2v) is 4.50. The first-order valence-electron chi connectivity index (χ1n) is 6.17. The first-order valence-corrected chi connectivity index (χ1v) is 6.17. The van der Waals surface area contributed by atoms with Crippen LogP contribution in [0, 0.1) is 0 Å². The number of Topliss-reactive ketones (excluding diaryl/α,β-unsaturated/α-hetero) is 1. The SMILES string of the molecule is O=CC1=C(CCCCCCC(=O)O)C(=O)CC1O. The Hall–Kier alpha value is -1.49. The molecule has 0 aromatic carbocycles. The quantitative estimate of drug-likeness (QED) is 0.502. The van der Waals surface area contributed by atoms with Crippen LogP contribution < -0.4 is 0 Å². The van der Waals surface area contributed by atoms with E-state index >= 15 is 0 Å². The summed E-state index contributed by atoms with van der Waals surface area (Å²) in [7, 11) is 0. The molecule has 0 amide bonds. The lowest BCUT2D eigenvalue weighted by molar-refractivity contribution is -0.137. The molecule has 0 aliphatic heterocycles. The maximum Gasteiger partial charge on any atom is 0.303 e. The molecule has 0 heterocycles. The number of aliphatic hydroxyl groups is 1. The molecular formula is C13H18O5. The fraction of sp³-hybridized carbons (Fsp3) is 0.615. The predicted octanol–water partition coefficient (Wildman–Crippen LogP) is 1.24. The van der Waals surface area contributed by atoms with Gasteiger partial charge in [0.2, 0.25) is 0 Å². The summed E-state index contributed by atoms with van der Waals surface area (Å²) in [6.07, 6.45) is 3.31. The Morgan fingerprint density at radius 3 is 2.56 bits per heavy atom. The molecule has 0 aromatic rings. The monoisotopic (exact) mass is 254 g/mol. The third kappa shape index (κ3) is 4.07. The fourth-order valence-corrected chi connectivity index (χ4v) is 2.14. The smallest absolute Gasteiger partial charge is 0.303 e. The van der Waals surface area contributed by atoms with Crippen molar-refractivity contribution in [2.75, 3.05) is 0 Å². The van der Waals surface area contributed by atoms with E-state index in [0.29, 0.717) is 24.7 Å². The van der Waals surface area contributed by atoms with E-state index in [1.807, 2.05) is 0 Å². The zero-order chi connectivity index (χ0) is 13.5. The van der Waals surface area contributed by atoms with Crippen LogP contribution in [-0.4, -0.2) is 34.4 Å². The molecule has 1 aliphatic carbocycles. The number of aliphatic hydroxyl groups excluding tert-OH is 1. The molecule has 0 saturated carbocycles. The number of unbranched alkanes of at least 4 members (excludes halogenated alkanes) is 3. The van der Waals surface area contributed by atoms with Crippen LogP contribution in [0.3, 0.4) is 0 Å². The number of ketones is 1. The summed E-state index contributed by atoms with van der Waals surface area (Å²) < 4.78 is 0. The number of hydrogen-bond donors (Lipinski definition) is 2. The number of hydrogen-bond acceptors (Lipinski definition) is 4. The van der Waals surface area contributed by atoms with Gasteiger partial charge in [-0.1, -0.05) is 12.8 Å². The minimum absolute atomic E-state index is 0.0163. The molecule has 100 valence electrons. The summed E-state index contributed by atoms with van der Waals surface area (Å²) in [6, 6.07) is 0. The molecule has 1 atom stereocenters. The van der Waals surface area contributed by atoms with Crippen LogP contribution in [-0.2, 0) is 14.4 Å². The van der Waals surface area contributed by atoms with Crippen molar-refractivity contribution in [3.63, 3.8) is 0 Å². The summed E-state index contributed by atoms with van der Waals surface area (Å²) in [5.41, 5.74) is 0.682. The second kappa shape index (κ2) is 7.06. The molecule has 1 aliphatic rings. The second-order valence-electron chi connectivity index (χ2n) is 4.50. The number of carboxylic acids is 1. The average molecular weight is 254 g/mol. The number of aldehydes is 1. The van der Waals surface area contributed by atoms with Gasteiger partial charge in [0.25, 0.3) is 0 Å². The van der Waals surface area contributed by atoms with Crippen LogP contribution in [0.2, 0.25) is 0 Å². The number of carbonyl (C=O) groups excluding carboxylic acids is 2. The van der Waals surface area contributed by atoms with Crippen molar-refractivity contribution in [2.45, 2.75) is 51.0 Å². The Labute approximate surface area is 105 Å². The van der Waals surface area contributed by atoms with Crippen molar-refractivity contribution >= 4 is 18.0 Å². The van der Waals surface area contributed by atoms with Gasteiger partial charge in [0, 0.05) is 24.0 Å². The fourth-order valence-electron chi connectivity index (χ4n) is 2.14. The number of aliphatic carboxylic acids is 1. The normalized spacial score (nSPS) is 19.4. The van der Waals surface area contributed by atoms with Crippen molar-refractivity contribution in [3.05, 3.63) is 11.1 Å². The highest BCUT2D eigenvalue weighted by Crippen LogP contribution is 2.26. The molecular weight excluding hydrogens is 236 g/mol. The standard InChI is InChI=1S/C13H18O5/c14-8-10-9(11(15)7-12(10)16)5-3-1-2-4-6-13(17)18/h8,12,16H,1-7H2,(H,17,18). The van der Waals surface area contributed by atoms with Gasteiger partial charge < -0.3 is 10.2 Å². The van der Waals surface area contributed by atoms with Gasteiger partial charge in [-0.15, -0.1) is 0 Å².